The van der Waals surface area contributed by atoms with Crippen LogP contribution in [0.15, 0.2) is 48.7 Å². The third-order valence-electron chi connectivity index (χ3n) is 6.07. The highest BCUT2D eigenvalue weighted by Gasteiger charge is 2.30. The molecule has 2 aliphatic heterocycles. The summed E-state index contributed by atoms with van der Waals surface area (Å²) in [6, 6.07) is 14.3. The SMILES string of the molecule is O=C(C[NH+]1CCN(c2cccc[nH+]2)CC1)N1CC[NH+](Cc2cccc(Cl)c2)CC1. The molecule has 1 amide bonds. The highest BCUT2D eigenvalue weighted by atomic mass is 35.5. The normalized spacial score (nSPS) is 18.8. The fraction of sp³-hybridized carbons (Fsp3) is 0.455. The minimum atomic E-state index is 0.307. The van der Waals surface area contributed by atoms with E-state index in [1.54, 1.807) is 0 Å². The van der Waals surface area contributed by atoms with Crippen LogP contribution in [0.2, 0.25) is 5.02 Å². The average molecular weight is 417 g/mol. The number of nitrogens with one attached hydrogen (secondary N) is 3. The van der Waals surface area contributed by atoms with Crippen molar-refractivity contribution in [2.45, 2.75) is 6.54 Å². The number of carbonyl (C=O) groups excluding carboxylic acids is 1. The van der Waals surface area contributed by atoms with Crippen molar-refractivity contribution in [2.24, 2.45) is 0 Å². The summed E-state index contributed by atoms with van der Waals surface area (Å²) in [5.74, 6) is 1.47. The molecule has 1 aromatic carbocycles. The van der Waals surface area contributed by atoms with E-state index in [1.807, 2.05) is 30.5 Å². The quantitative estimate of drug-likeness (QED) is 0.642. The monoisotopic (exact) mass is 416 g/mol. The maximum Gasteiger partial charge on any atom is 0.278 e. The highest BCUT2D eigenvalue weighted by Crippen LogP contribution is 2.09. The topological polar surface area (TPSA) is 46.6 Å². The van der Waals surface area contributed by atoms with Crippen LogP contribution in [-0.4, -0.2) is 69.7 Å². The maximum atomic E-state index is 12.8. The number of rotatable bonds is 5. The Bertz CT molecular complexity index is 802. The molecule has 0 atom stereocenters. The highest BCUT2D eigenvalue weighted by molar-refractivity contribution is 6.30. The summed E-state index contributed by atoms with van der Waals surface area (Å²) in [6.07, 6.45) is 1.96. The zero-order chi connectivity index (χ0) is 20.1. The minimum absolute atomic E-state index is 0.307. The van der Waals surface area contributed by atoms with Gasteiger partial charge in [0.2, 0.25) is 0 Å². The Morgan fingerprint density at radius 1 is 0.966 bits per heavy atom. The van der Waals surface area contributed by atoms with Crippen molar-refractivity contribution in [1.82, 2.24) is 4.90 Å². The Labute approximate surface area is 177 Å². The standard InChI is InChI=1S/C22H28ClN5O/c23-20-5-3-4-19(16-20)17-25-10-14-28(15-11-25)22(29)18-26-8-12-27(13-9-26)21-6-1-2-7-24-21/h1-7,16H,8-15,17-18H2/p+3. The number of amides is 1. The first kappa shape index (κ1) is 20.1. The van der Waals surface area contributed by atoms with E-state index in [9.17, 15) is 4.79 Å². The van der Waals surface area contributed by atoms with Gasteiger partial charge in [0.1, 0.15) is 32.7 Å². The van der Waals surface area contributed by atoms with E-state index >= 15 is 0 Å². The molecule has 3 N–H and O–H groups in total. The number of nitrogens with zero attached hydrogens (tertiary/aromatic N) is 2. The number of quaternary nitrogens is 2. The third-order valence-corrected chi connectivity index (χ3v) is 6.31. The van der Waals surface area contributed by atoms with Crippen molar-refractivity contribution < 1.29 is 19.6 Å². The average Bonchev–Trinajstić information content (AvgIpc) is 2.75. The molecule has 1 aromatic heterocycles. The van der Waals surface area contributed by atoms with Crippen LogP contribution in [0.1, 0.15) is 5.56 Å². The van der Waals surface area contributed by atoms with E-state index in [4.69, 9.17) is 11.6 Å². The van der Waals surface area contributed by atoms with E-state index in [0.717, 1.165) is 69.7 Å². The summed E-state index contributed by atoms with van der Waals surface area (Å²) < 4.78 is 0. The van der Waals surface area contributed by atoms with Crippen molar-refractivity contribution in [3.05, 3.63) is 59.2 Å². The Kier molecular flexibility index (Phi) is 6.64. The van der Waals surface area contributed by atoms with Crippen molar-refractivity contribution in [3.8, 4) is 0 Å². The summed E-state index contributed by atoms with van der Waals surface area (Å²) >= 11 is 6.09. The lowest BCUT2D eigenvalue weighted by Crippen LogP contribution is -3.16. The van der Waals surface area contributed by atoms with Gasteiger partial charge in [0, 0.05) is 16.7 Å². The van der Waals surface area contributed by atoms with E-state index in [1.165, 1.54) is 15.4 Å². The molecule has 6 nitrogen and oxygen atoms in total. The molecule has 3 heterocycles. The van der Waals surface area contributed by atoms with Gasteiger partial charge in [-0.3, -0.25) is 9.69 Å². The molecule has 2 aromatic rings. The molecular formula is C22H31ClN5O+3. The van der Waals surface area contributed by atoms with Gasteiger partial charge in [0.15, 0.2) is 6.54 Å². The largest absolute Gasteiger partial charge is 0.328 e. The van der Waals surface area contributed by atoms with Crippen molar-refractivity contribution in [1.29, 1.82) is 0 Å². The number of aromatic amines is 1. The lowest BCUT2D eigenvalue weighted by atomic mass is 10.2. The number of pyridine rings is 1. The number of hydrogen-bond donors (Lipinski definition) is 2. The molecule has 154 valence electrons. The van der Waals surface area contributed by atoms with Crippen LogP contribution in [0.3, 0.4) is 0 Å². The number of halogens is 1. The Morgan fingerprint density at radius 2 is 1.72 bits per heavy atom. The molecule has 2 saturated heterocycles. The predicted molar refractivity (Wildman–Crippen MR) is 113 cm³/mol. The zero-order valence-corrected chi connectivity index (χ0v) is 17.6. The van der Waals surface area contributed by atoms with Crippen molar-refractivity contribution >= 4 is 23.3 Å². The van der Waals surface area contributed by atoms with Crippen molar-refractivity contribution in [3.63, 3.8) is 0 Å². The summed E-state index contributed by atoms with van der Waals surface area (Å²) in [7, 11) is 0. The lowest BCUT2D eigenvalue weighted by molar-refractivity contribution is -0.918. The molecule has 7 heteroatoms. The van der Waals surface area contributed by atoms with E-state index < -0.39 is 0 Å². The molecule has 0 aliphatic carbocycles. The van der Waals surface area contributed by atoms with Gasteiger partial charge in [-0.05, 0) is 18.2 Å². The molecule has 0 radical (unpaired) electrons. The second kappa shape index (κ2) is 9.57. The molecule has 2 fully saturated rings. The zero-order valence-electron chi connectivity index (χ0n) is 16.9. The van der Waals surface area contributed by atoms with Crippen molar-refractivity contribution in [2.75, 3.05) is 63.8 Å². The van der Waals surface area contributed by atoms with Gasteiger partial charge in [-0.25, -0.2) is 4.98 Å². The first-order chi connectivity index (χ1) is 14.2. The minimum Gasteiger partial charge on any atom is -0.328 e. The molecule has 2 aliphatic rings. The van der Waals surface area contributed by atoms with Gasteiger partial charge in [0.05, 0.1) is 32.4 Å². The van der Waals surface area contributed by atoms with Crippen LogP contribution in [0, 0.1) is 0 Å². The van der Waals surface area contributed by atoms with Crippen LogP contribution in [0.4, 0.5) is 5.82 Å². The number of H-pyrrole nitrogens is 1. The second-order valence-corrected chi connectivity index (χ2v) is 8.54. The van der Waals surface area contributed by atoms with Gasteiger partial charge >= 0.3 is 0 Å². The first-order valence-electron chi connectivity index (χ1n) is 10.6. The summed E-state index contributed by atoms with van der Waals surface area (Å²) in [6.45, 7) is 9.31. The van der Waals surface area contributed by atoms with Crippen LogP contribution >= 0.6 is 11.6 Å². The second-order valence-electron chi connectivity index (χ2n) is 8.10. The third kappa shape index (κ3) is 5.47. The van der Waals surface area contributed by atoms with Crippen LogP contribution in [0.25, 0.3) is 0 Å². The molecule has 0 spiro atoms. The Balaban J connectivity index is 1.19. The number of anilines is 1. The number of carbonyl (C=O) groups is 1. The number of aromatic nitrogens is 1. The van der Waals surface area contributed by atoms with E-state index in [-0.39, 0.29) is 0 Å². The Morgan fingerprint density at radius 3 is 2.41 bits per heavy atom. The van der Waals surface area contributed by atoms with Gasteiger partial charge in [-0.1, -0.05) is 29.8 Å². The predicted octanol–water partition coefficient (Wildman–Crippen LogP) is -1.21. The summed E-state index contributed by atoms with van der Waals surface area (Å²) in [5.41, 5.74) is 1.27. The van der Waals surface area contributed by atoms with Crippen LogP contribution in [0.5, 0.6) is 0 Å². The summed E-state index contributed by atoms with van der Waals surface area (Å²) in [5, 5.41) is 0.795. The van der Waals surface area contributed by atoms with Crippen LogP contribution < -0.4 is 19.7 Å². The van der Waals surface area contributed by atoms with Gasteiger partial charge in [0.25, 0.3) is 11.7 Å². The van der Waals surface area contributed by atoms with Gasteiger partial charge in [-0.2, -0.15) is 0 Å². The van der Waals surface area contributed by atoms with E-state index in [0.29, 0.717) is 12.5 Å². The maximum absolute atomic E-state index is 12.8. The van der Waals surface area contributed by atoms with Gasteiger partial charge < -0.3 is 14.7 Å². The smallest absolute Gasteiger partial charge is 0.278 e. The number of benzene rings is 1. The molecule has 0 bridgehead atoms. The molecule has 0 saturated carbocycles. The molecular weight excluding hydrogens is 386 g/mol. The Hall–Kier alpha value is -2.15. The fourth-order valence-corrected chi connectivity index (χ4v) is 4.54. The number of hydrogen-bond acceptors (Lipinski definition) is 2. The summed E-state index contributed by atoms with van der Waals surface area (Å²) in [4.78, 5) is 23.4. The van der Waals surface area contributed by atoms with Crippen LogP contribution in [-0.2, 0) is 11.3 Å². The van der Waals surface area contributed by atoms with Gasteiger partial charge in [-0.15, -0.1) is 0 Å². The fourth-order valence-electron chi connectivity index (χ4n) is 4.33. The lowest BCUT2D eigenvalue weighted by Gasteiger charge is -2.34. The number of piperazine rings is 2. The first-order valence-corrected chi connectivity index (χ1v) is 11.0. The molecule has 29 heavy (non-hydrogen) atoms. The molecule has 0 unspecified atom stereocenters. The van der Waals surface area contributed by atoms with E-state index in [2.05, 4.69) is 33.0 Å². The molecule has 4 rings (SSSR count).